The average molecular weight is 344 g/mol. The van der Waals surface area contributed by atoms with E-state index in [4.69, 9.17) is 0 Å². The molecule has 0 saturated heterocycles. The Labute approximate surface area is 120 Å². The van der Waals surface area contributed by atoms with Crippen LogP contribution in [0.4, 0.5) is 5.82 Å². The van der Waals surface area contributed by atoms with Gasteiger partial charge in [0.25, 0.3) is 10.0 Å². The summed E-state index contributed by atoms with van der Waals surface area (Å²) in [4.78, 5) is 0.230. The van der Waals surface area contributed by atoms with Crippen LogP contribution in [0, 0.1) is 0 Å². The van der Waals surface area contributed by atoms with Crippen molar-refractivity contribution in [2.24, 2.45) is 0 Å². The maximum Gasteiger partial charge on any atom is 0.263 e. The average Bonchev–Trinajstić information content (AvgIpc) is 2.85. The van der Waals surface area contributed by atoms with Crippen molar-refractivity contribution < 1.29 is 8.42 Å². The fourth-order valence-corrected chi connectivity index (χ4v) is 3.05. The number of rotatable bonds is 5. The lowest BCUT2D eigenvalue weighted by molar-refractivity contribution is 0.601. The Morgan fingerprint density at radius 1 is 1.32 bits per heavy atom. The van der Waals surface area contributed by atoms with Crippen molar-refractivity contribution in [3.63, 3.8) is 0 Å². The highest BCUT2D eigenvalue weighted by molar-refractivity contribution is 9.08. The standard InChI is InChI=1S/C12H14BrN3O2S/c1-2-10-8-14-15-12(10)16-19(17,18)11-5-3-9(7-13)4-6-11/h3-6,8H,2,7H2,1H3,(H2,14,15,16). The van der Waals surface area contributed by atoms with Gasteiger partial charge >= 0.3 is 0 Å². The molecule has 0 spiro atoms. The monoisotopic (exact) mass is 343 g/mol. The second-order valence-electron chi connectivity index (χ2n) is 4.01. The number of aromatic nitrogens is 2. The van der Waals surface area contributed by atoms with Crippen molar-refractivity contribution >= 4 is 31.8 Å². The predicted octanol–water partition coefficient (Wildman–Crippen LogP) is 2.67. The number of alkyl halides is 1. The molecular formula is C12H14BrN3O2S. The topological polar surface area (TPSA) is 74.8 Å². The molecule has 0 aliphatic heterocycles. The highest BCUT2D eigenvalue weighted by Crippen LogP contribution is 2.18. The number of nitrogens with one attached hydrogen (secondary N) is 2. The molecule has 0 aliphatic rings. The highest BCUT2D eigenvalue weighted by atomic mass is 79.9. The normalized spacial score (nSPS) is 11.5. The largest absolute Gasteiger partial charge is 0.264 e. The number of H-pyrrole nitrogens is 1. The van der Waals surface area contributed by atoms with Gasteiger partial charge in [-0.1, -0.05) is 35.0 Å². The minimum atomic E-state index is -3.58. The van der Waals surface area contributed by atoms with E-state index >= 15 is 0 Å². The molecular weight excluding hydrogens is 330 g/mol. The molecule has 2 N–H and O–H groups in total. The van der Waals surface area contributed by atoms with Gasteiger partial charge in [-0.25, -0.2) is 8.42 Å². The summed E-state index contributed by atoms with van der Waals surface area (Å²) in [5.41, 5.74) is 1.86. The second kappa shape index (κ2) is 5.75. The first-order chi connectivity index (χ1) is 9.06. The van der Waals surface area contributed by atoms with Gasteiger partial charge in [0, 0.05) is 10.9 Å². The maximum atomic E-state index is 12.2. The SMILES string of the molecule is CCc1cn[nH]c1NS(=O)(=O)c1ccc(CBr)cc1. The van der Waals surface area contributed by atoms with Gasteiger partial charge in [-0.15, -0.1) is 0 Å². The number of halogens is 1. The van der Waals surface area contributed by atoms with Crippen LogP contribution < -0.4 is 4.72 Å². The van der Waals surface area contributed by atoms with E-state index < -0.39 is 10.0 Å². The number of hydrogen-bond acceptors (Lipinski definition) is 3. The van der Waals surface area contributed by atoms with E-state index in [9.17, 15) is 8.42 Å². The molecule has 0 fully saturated rings. The third-order valence-electron chi connectivity index (χ3n) is 2.72. The van der Waals surface area contributed by atoms with Gasteiger partial charge in [0.1, 0.15) is 5.82 Å². The molecule has 7 heteroatoms. The van der Waals surface area contributed by atoms with Gasteiger partial charge in [0.05, 0.1) is 11.1 Å². The zero-order valence-corrected chi connectivity index (χ0v) is 12.8. The van der Waals surface area contributed by atoms with Crippen molar-refractivity contribution in [2.45, 2.75) is 23.6 Å². The Balaban J connectivity index is 2.27. The van der Waals surface area contributed by atoms with Crippen LogP contribution in [0.1, 0.15) is 18.1 Å². The number of aromatic amines is 1. The molecule has 0 radical (unpaired) electrons. The Hall–Kier alpha value is -1.34. The third kappa shape index (κ3) is 3.16. The lowest BCUT2D eigenvalue weighted by atomic mass is 10.2. The molecule has 2 rings (SSSR count). The van der Waals surface area contributed by atoms with Crippen LogP contribution in [0.2, 0.25) is 0 Å². The summed E-state index contributed by atoms with van der Waals surface area (Å²) in [6.07, 6.45) is 2.32. The molecule has 0 aliphatic carbocycles. The number of aryl methyl sites for hydroxylation is 1. The van der Waals surface area contributed by atoms with Crippen LogP contribution in [0.15, 0.2) is 35.4 Å². The molecule has 102 valence electrons. The molecule has 0 unspecified atom stereocenters. The van der Waals surface area contributed by atoms with E-state index in [1.54, 1.807) is 30.5 Å². The van der Waals surface area contributed by atoms with E-state index in [2.05, 4.69) is 30.8 Å². The zero-order chi connectivity index (χ0) is 13.9. The Kier molecular flexibility index (Phi) is 4.26. The second-order valence-corrected chi connectivity index (χ2v) is 6.25. The van der Waals surface area contributed by atoms with E-state index in [0.717, 1.165) is 11.1 Å². The van der Waals surface area contributed by atoms with E-state index in [-0.39, 0.29) is 4.90 Å². The van der Waals surface area contributed by atoms with Crippen molar-refractivity contribution in [3.8, 4) is 0 Å². The van der Waals surface area contributed by atoms with Crippen LogP contribution in [-0.2, 0) is 21.8 Å². The van der Waals surface area contributed by atoms with Gasteiger partial charge in [0.2, 0.25) is 0 Å². The van der Waals surface area contributed by atoms with Gasteiger partial charge < -0.3 is 0 Å². The minimum Gasteiger partial charge on any atom is -0.264 e. The zero-order valence-electron chi connectivity index (χ0n) is 10.4. The molecule has 1 aromatic heterocycles. The maximum absolute atomic E-state index is 12.2. The molecule has 1 aromatic carbocycles. The first-order valence-electron chi connectivity index (χ1n) is 5.76. The summed E-state index contributed by atoms with van der Waals surface area (Å²) in [7, 11) is -3.58. The smallest absolute Gasteiger partial charge is 0.263 e. The number of anilines is 1. The van der Waals surface area contributed by atoms with Crippen LogP contribution >= 0.6 is 15.9 Å². The van der Waals surface area contributed by atoms with Crippen LogP contribution in [0.3, 0.4) is 0 Å². The summed E-state index contributed by atoms with van der Waals surface area (Å²) < 4.78 is 26.9. The number of nitrogens with zero attached hydrogens (tertiary/aromatic N) is 1. The summed E-state index contributed by atoms with van der Waals surface area (Å²) in [6, 6.07) is 6.72. The number of benzene rings is 1. The van der Waals surface area contributed by atoms with E-state index in [1.165, 1.54) is 0 Å². The van der Waals surface area contributed by atoms with Crippen molar-refractivity contribution in [1.82, 2.24) is 10.2 Å². The van der Waals surface area contributed by atoms with Crippen LogP contribution in [0.25, 0.3) is 0 Å². The fourth-order valence-electron chi connectivity index (χ4n) is 1.62. The van der Waals surface area contributed by atoms with E-state index in [0.29, 0.717) is 17.6 Å². The molecule has 0 saturated carbocycles. The van der Waals surface area contributed by atoms with E-state index in [1.807, 2.05) is 6.92 Å². The van der Waals surface area contributed by atoms with Crippen LogP contribution in [-0.4, -0.2) is 18.6 Å². The van der Waals surface area contributed by atoms with Crippen molar-refractivity contribution in [1.29, 1.82) is 0 Å². The molecule has 0 amide bonds. The predicted molar refractivity (Wildman–Crippen MR) is 77.8 cm³/mol. The number of hydrogen-bond donors (Lipinski definition) is 2. The summed E-state index contributed by atoms with van der Waals surface area (Å²) in [5.74, 6) is 0.423. The Morgan fingerprint density at radius 3 is 2.58 bits per heavy atom. The molecule has 1 heterocycles. The summed E-state index contributed by atoms with van der Waals surface area (Å²) in [6.45, 7) is 1.94. The summed E-state index contributed by atoms with van der Waals surface area (Å²) >= 11 is 3.32. The lowest BCUT2D eigenvalue weighted by Crippen LogP contribution is -2.14. The summed E-state index contributed by atoms with van der Waals surface area (Å²) in [5, 5.41) is 7.19. The minimum absolute atomic E-state index is 0.230. The third-order valence-corrected chi connectivity index (χ3v) is 4.74. The molecule has 19 heavy (non-hydrogen) atoms. The first kappa shape index (κ1) is 14.1. The van der Waals surface area contributed by atoms with Crippen molar-refractivity contribution in [2.75, 3.05) is 4.72 Å². The Morgan fingerprint density at radius 2 is 2.00 bits per heavy atom. The fraction of sp³-hybridized carbons (Fsp3) is 0.250. The first-order valence-corrected chi connectivity index (χ1v) is 8.37. The van der Waals surface area contributed by atoms with Gasteiger partial charge in [-0.2, -0.15) is 5.10 Å². The van der Waals surface area contributed by atoms with Gasteiger partial charge in [-0.3, -0.25) is 9.82 Å². The quantitative estimate of drug-likeness (QED) is 0.819. The lowest BCUT2D eigenvalue weighted by Gasteiger charge is -2.08. The number of sulfonamides is 1. The Bertz CT molecular complexity index is 650. The molecule has 5 nitrogen and oxygen atoms in total. The van der Waals surface area contributed by atoms with Crippen molar-refractivity contribution in [3.05, 3.63) is 41.6 Å². The molecule has 0 bridgehead atoms. The molecule has 0 atom stereocenters. The van der Waals surface area contributed by atoms with Gasteiger partial charge in [0.15, 0.2) is 0 Å². The highest BCUT2D eigenvalue weighted by Gasteiger charge is 2.16. The molecule has 2 aromatic rings. The van der Waals surface area contributed by atoms with Gasteiger partial charge in [-0.05, 0) is 24.1 Å². The van der Waals surface area contributed by atoms with Crippen LogP contribution in [0.5, 0.6) is 0 Å².